The maximum Gasteiger partial charge on any atom is 0.272 e. The molecular formula is C13H9ClFN3O. The van der Waals surface area contributed by atoms with Gasteiger partial charge >= 0.3 is 0 Å². The van der Waals surface area contributed by atoms with Gasteiger partial charge in [0.2, 0.25) is 0 Å². The molecule has 0 saturated heterocycles. The Morgan fingerprint density at radius 2 is 2.16 bits per heavy atom. The van der Waals surface area contributed by atoms with Crippen molar-refractivity contribution in [1.29, 1.82) is 0 Å². The van der Waals surface area contributed by atoms with E-state index in [9.17, 15) is 9.18 Å². The van der Waals surface area contributed by atoms with Crippen LogP contribution in [0.5, 0.6) is 0 Å². The van der Waals surface area contributed by atoms with Gasteiger partial charge in [0, 0.05) is 29.8 Å². The second-order valence-corrected chi connectivity index (χ2v) is 4.56. The SMILES string of the molecule is O=c1cc(Cc2ccc(F)cc2Cl)nc2cc[nH]n12. The number of aromatic nitrogens is 3. The summed E-state index contributed by atoms with van der Waals surface area (Å²) in [7, 11) is 0. The molecule has 1 aromatic carbocycles. The molecule has 0 spiro atoms. The highest BCUT2D eigenvalue weighted by molar-refractivity contribution is 6.31. The van der Waals surface area contributed by atoms with Gasteiger partial charge in [-0.25, -0.2) is 13.9 Å². The first kappa shape index (κ1) is 11.9. The minimum atomic E-state index is -0.386. The summed E-state index contributed by atoms with van der Waals surface area (Å²) in [5.41, 5.74) is 1.68. The quantitative estimate of drug-likeness (QED) is 0.782. The van der Waals surface area contributed by atoms with Crippen LogP contribution in [0.3, 0.4) is 0 Å². The number of fused-ring (bicyclic) bond motifs is 1. The molecule has 0 radical (unpaired) electrons. The standard InChI is InChI=1S/C13H9ClFN3O/c14-11-6-9(15)2-1-8(11)5-10-7-13(19)18-12(17-10)3-4-16-18/h1-4,6-7,16H,5H2. The summed E-state index contributed by atoms with van der Waals surface area (Å²) in [5.74, 6) is -0.386. The van der Waals surface area contributed by atoms with Crippen molar-refractivity contribution in [2.45, 2.75) is 6.42 Å². The first-order chi connectivity index (χ1) is 9.13. The molecule has 1 N–H and O–H groups in total. The number of hydrogen-bond donors (Lipinski definition) is 1. The number of aromatic amines is 1. The molecule has 3 aromatic rings. The average molecular weight is 278 g/mol. The molecule has 19 heavy (non-hydrogen) atoms. The van der Waals surface area contributed by atoms with Crippen molar-refractivity contribution in [1.82, 2.24) is 14.6 Å². The molecule has 96 valence electrons. The topological polar surface area (TPSA) is 50.2 Å². The van der Waals surface area contributed by atoms with Crippen LogP contribution in [0.2, 0.25) is 5.02 Å². The van der Waals surface area contributed by atoms with Gasteiger partial charge in [-0.1, -0.05) is 17.7 Å². The molecule has 4 nitrogen and oxygen atoms in total. The van der Waals surface area contributed by atoms with Gasteiger partial charge in [0.25, 0.3) is 5.56 Å². The van der Waals surface area contributed by atoms with E-state index in [-0.39, 0.29) is 11.4 Å². The van der Waals surface area contributed by atoms with Crippen molar-refractivity contribution in [3.05, 3.63) is 69.0 Å². The van der Waals surface area contributed by atoms with E-state index in [0.717, 1.165) is 5.56 Å². The zero-order chi connectivity index (χ0) is 13.4. The molecule has 0 aliphatic heterocycles. The molecule has 0 aliphatic rings. The lowest BCUT2D eigenvalue weighted by molar-refractivity contribution is 0.627. The maximum absolute atomic E-state index is 13.0. The molecule has 0 fully saturated rings. The average Bonchev–Trinajstić information content (AvgIpc) is 2.81. The van der Waals surface area contributed by atoms with E-state index >= 15 is 0 Å². The predicted octanol–water partition coefficient (Wildman–Crippen LogP) is 2.41. The van der Waals surface area contributed by atoms with E-state index < -0.39 is 0 Å². The van der Waals surface area contributed by atoms with Crippen molar-refractivity contribution < 1.29 is 4.39 Å². The van der Waals surface area contributed by atoms with E-state index in [4.69, 9.17) is 11.6 Å². The fraction of sp³-hybridized carbons (Fsp3) is 0.0769. The molecule has 0 amide bonds. The van der Waals surface area contributed by atoms with Crippen LogP contribution in [0.4, 0.5) is 4.39 Å². The molecule has 0 saturated carbocycles. The molecule has 2 aromatic heterocycles. The third kappa shape index (κ3) is 2.24. The van der Waals surface area contributed by atoms with E-state index in [0.29, 0.717) is 22.8 Å². The van der Waals surface area contributed by atoms with E-state index in [1.807, 2.05) is 0 Å². The molecule has 6 heteroatoms. The van der Waals surface area contributed by atoms with Crippen molar-refractivity contribution in [2.24, 2.45) is 0 Å². The Kier molecular flexibility index (Phi) is 2.83. The lowest BCUT2D eigenvalue weighted by atomic mass is 10.1. The zero-order valence-corrected chi connectivity index (χ0v) is 10.5. The molecule has 3 rings (SSSR count). The van der Waals surface area contributed by atoms with Crippen LogP contribution in [-0.4, -0.2) is 14.6 Å². The summed E-state index contributed by atoms with van der Waals surface area (Å²) in [5, 5.41) is 3.09. The zero-order valence-electron chi connectivity index (χ0n) is 9.73. The Hall–Kier alpha value is -2.14. The fourth-order valence-electron chi connectivity index (χ4n) is 1.93. The summed E-state index contributed by atoms with van der Waals surface area (Å²) in [6.07, 6.45) is 2.02. The van der Waals surface area contributed by atoms with Crippen molar-refractivity contribution >= 4 is 17.2 Å². The molecule has 0 unspecified atom stereocenters. The van der Waals surface area contributed by atoms with Gasteiger partial charge < -0.3 is 0 Å². The van der Waals surface area contributed by atoms with Crippen LogP contribution in [0.15, 0.2) is 41.3 Å². The minimum Gasteiger partial charge on any atom is -0.297 e. The fourth-order valence-corrected chi connectivity index (χ4v) is 2.16. The Balaban J connectivity index is 2.03. The van der Waals surface area contributed by atoms with Gasteiger partial charge in [0.15, 0.2) is 5.65 Å². The number of halogens is 2. The van der Waals surface area contributed by atoms with Crippen LogP contribution in [0, 0.1) is 5.82 Å². The van der Waals surface area contributed by atoms with Gasteiger partial charge in [0.05, 0.1) is 5.69 Å². The van der Waals surface area contributed by atoms with Crippen LogP contribution in [0.1, 0.15) is 11.3 Å². The molecule has 0 atom stereocenters. The van der Waals surface area contributed by atoms with Gasteiger partial charge in [-0.2, -0.15) is 0 Å². The molecule has 0 bridgehead atoms. The second kappa shape index (κ2) is 4.51. The van der Waals surface area contributed by atoms with E-state index in [2.05, 4.69) is 10.1 Å². The van der Waals surface area contributed by atoms with Crippen LogP contribution < -0.4 is 5.56 Å². The number of hydrogen-bond acceptors (Lipinski definition) is 2. The summed E-state index contributed by atoms with van der Waals surface area (Å²) >= 11 is 5.96. The summed E-state index contributed by atoms with van der Waals surface area (Å²) in [6.45, 7) is 0. The lowest BCUT2D eigenvalue weighted by Crippen LogP contribution is -2.15. The highest BCUT2D eigenvalue weighted by Gasteiger charge is 2.07. The highest BCUT2D eigenvalue weighted by atomic mass is 35.5. The summed E-state index contributed by atoms with van der Waals surface area (Å²) in [4.78, 5) is 16.1. The smallest absolute Gasteiger partial charge is 0.272 e. The molecule has 0 aliphatic carbocycles. The Bertz CT molecular complexity index is 809. The monoisotopic (exact) mass is 277 g/mol. The van der Waals surface area contributed by atoms with Crippen molar-refractivity contribution in [3.8, 4) is 0 Å². The van der Waals surface area contributed by atoms with E-state index in [1.54, 1.807) is 18.3 Å². The third-order valence-corrected chi connectivity index (χ3v) is 3.17. The number of H-pyrrole nitrogens is 1. The van der Waals surface area contributed by atoms with Crippen LogP contribution in [-0.2, 0) is 6.42 Å². The van der Waals surface area contributed by atoms with Crippen molar-refractivity contribution in [2.75, 3.05) is 0 Å². The minimum absolute atomic E-state index is 0.191. The number of nitrogens with zero attached hydrogens (tertiary/aromatic N) is 2. The predicted molar refractivity (Wildman–Crippen MR) is 70.0 cm³/mol. The largest absolute Gasteiger partial charge is 0.297 e. The lowest BCUT2D eigenvalue weighted by Gasteiger charge is -2.04. The summed E-state index contributed by atoms with van der Waals surface area (Å²) < 4.78 is 14.3. The first-order valence-corrected chi connectivity index (χ1v) is 6.01. The van der Waals surface area contributed by atoms with E-state index in [1.165, 1.54) is 22.7 Å². The second-order valence-electron chi connectivity index (χ2n) is 4.15. The van der Waals surface area contributed by atoms with Gasteiger partial charge in [0.1, 0.15) is 5.82 Å². The highest BCUT2D eigenvalue weighted by Crippen LogP contribution is 2.19. The first-order valence-electron chi connectivity index (χ1n) is 5.63. The van der Waals surface area contributed by atoms with Gasteiger partial charge in [-0.3, -0.25) is 9.89 Å². The Labute approximate surface area is 112 Å². The van der Waals surface area contributed by atoms with Crippen molar-refractivity contribution in [3.63, 3.8) is 0 Å². The maximum atomic E-state index is 13.0. The Morgan fingerprint density at radius 3 is 2.95 bits per heavy atom. The van der Waals surface area contributed by atoms with Gasteiger partial charge in [-0.05, 0) is 17.7 Å². The third-order valence-electron chi connectivity index (χ3n) is 2.82. The molecule has 2 heterocycles. The summed E-state index contributed by atoms with van der Waals surface area (Å²) in [6, 6.07) is 7.32. The van der Waals surface area contributed by atoms with Crippen LogP contribution >= 0.6 is 11.6 Å². The number of benzene rings is 1. The number of rotatable bonds is 2. The van der Waals surface area contributed by atoms with Crippen LogP contribution in [0.25, 0.3) is 5.65 Å². The Morgan fingerprint density at radius 1 is 1.32 bits per heavy atom. The number of nitrogens with one attached hydrogen (secondary N) is 1. The normalized spacial score (nSPS) is 11.1. The molecular weight excluding hydrogens is 269 g/mol. The van der Waals surface area contributed by atoms with Gasteiger partial charge in [-0.15, -0.1) is 0 Å².